The van der Waals surface area contributed by atoms with Gasteiger partial charge >= 0.3 is 5.97 Å². The van der Waals surface area contributed by atoms with E-state index in [-0.39, 0.29) is 6.42 Å². The summed E-state index contributed by atoms with van der Waals surface area (Å²) in [6.45, 7) is 1.59. The number of amidine groups is 1. The summed E-state index contributed by atoms with van der Waals surface area (Å²) in [6, 6.07) is -1.46. The molecule has 1 aliphatic carbocycles. The highest BCUT2D eigenvalue weighted by Crippen LogP contribution is 2.29. The van der Waals surface area contributed by atoms with E-state index in [1.807, 2.05) is 0 Å². The first-order valence-corrected chi connectivity index (χ1v) is 8.08. The normalized spacial score (nSPS) is 47.6. The lowest BCUT2D eigenvalue weighted by Gasteiger charge is -2.45. The molecule has 0 aromatic carbocycles. The Balaban J connectivity index is 2.07. The first kappa shape index (κ1) is 20.9. The molecule has 0 spiro atoms. The molecule has 150 valence electrons. The van der Waals surface area contributed by atoms with Gasteiger partial charge in [-0.1, -0.05) is 0 Å². The van der Waals surface area contributed by atoms with E-state index in [0.29, 0.717) is 0 Å². The Morgan fingerprint density at radius 1 is 1.08 bits per heavy atom. The Bertz CT molecular complexity index is 532. The molecule has 0 aromatic heterocycles. The van der Waals surface area contributed by atoms with Gasteiger partial charge in [-0.3, -0.25) is 4.99 Å². The second kappa shape index (κ2) is 8.10. The van der Waals surface area contributed by atoms with Gasteiger partial charge in [0.1, 0.15) is 36.6 Å². The molecule has 10 N–H and O–H groups in total. The highest BCUT2D eigenvalue weighted by Gasteiger charge is 2.50. The minimum Gasteiger partial charge on any atom is -0.475 e. The molecule has 0 radical (unpaired) electrons. The van der Waals surface area contributed by atoms with Crippen molar-refractivity contribution >= 4 is 11.8 Å². The fourth-order valence-corrected chi connectivity index (χ4v) is 3.02. The van der Waals surface area contributed by atoms with Gasteiger partial charge in [-0.25, -0.2) is 4.79 Å². The fourth-order valence-electron chi connectivity index (χ4n) is 3.02. The minimum atomic E-state index is -1.74. The first-order chi connectivity index (χ1) is 12.0. The van der Waals surface area contributed by atoms with Crippen molar-refractivity contribution in [3.8, 4) is 0 Å². The lowest BCUT2D eigenvalue weighted by atomic mass is 9.84. The summed E-state index contributed by atoms with van der Waals surface area (Å²) >= 11 is 0. The second-order valence-corrected chi connectivity index (χ2v) is 6.55. The molecule has 2 rings (SSSR count). The third kappa shape index (κ3) is 4.13. The maximum atomic E-state index is 10.8. The highest BCUT2D eigenvalue weighted by atomic mass is 16.7. The summed E-state index contributed by atoms with van der Waals surface area (Å²) in [7, 11) is 0. The molecule has 1 heterocycles. The first-order valence-electron chi connectivity index (χ1n) is 8.08. The van der Waals surface area contributed by atoms with Crippen LogP contribution in [0, 0.1) is 0 Å². The van der Waals surface area contributed by atoms with Crippen LogP contribution in [0.3, 0.4) is 0 Å². The SMILES string of the molecule is CC1OC(OC2[C@@H](O)[C@@H](O)C(O)[C@H](O)[C@@H]2O)C(N)CC1N=C(N)C(=O)O. The Labute approximate surface area is 148 Å². The molecule has 4 unspecified atom stereocenters. The third-order valence-corrected chi connectivity index (χ3v) is 4.64. The number of nitrogens with zero attached hydrogens (tertiary/aromatic N) is 1. The number of nitrogens with two attached hydrogens (primary N) is 2. The van der Waals surface area contributed by atoms with Gasteiger partial charge in [0.2, 0.25) is 5.84 Å². The zero-order valence-electron chi connectivity index (χ0n) is 14.0. The number of carboxylic acids is 1. The van der Waals surface area contributed by atoms with Gasteiger partial charge in [0, 0.05) is 0 Å². The summed E-state index contributed by atoms with van der Waals surface area (Å²) in [4.78, 5) is 14.6. The zero-order chi connectivity index (χ0) is 19.8. The smallest absolute Gasteiger partial charge is 0.370 e. The van der Waals surface area contributed by atoms with E-state index in [0.717, 1.165) is 0 Å². The summed E-state index contributed by atoms with van der Waals surface area (Å²) in [5.74, 6) is -1.96. The molecule has 8 atom stereocenters. The van der Waals surface area contributed by atoms with E-state index in [4.69, 9.17) is 26.0 Å². The average Bonchev–Trinajstić information content (AvgIpc) is 2.58. The van der Waals surface area contributed by atoms with Crippen LogP contribution in [0.1, 0.15) is 13.3 Å². The largest absolute Gasteiger partial charge is 0.475 e. The predicted octanol–water partition coefficient (Wildman–Crippen LogP) is -4.54. The Morgan fingerprint density at radius 2 is 1.58 bits per heavy atom. The molecule has 0 bridgehead atoms. The van der Waals surface area contributed by atoms with Crippen molar-refractivity contribution in [3.05, 3.63) is 0 Å². The van der Waals surface area contributed by atoms with Crippen molar-refractivity contribution in [2.45, 2.75) is 74.4 Å². The molecule has 2 fully saturated rings. The summed E-state index contributed by atoms with van der Waals surface area (Å²) in [6.07, 6.45) is -11.7. The Hall–Kier alpha value is -1.38. The van der Waals surface area contributed by atoms with Gasteiger partial charge < -0.3 is 51.6 Å². The van der Waals surface area contributed by atoms with Crippen LogP contribution in [0.4, 0.5) is 0 Å². The standard InChI is InChI=1S/C14H25N3O9/c1-3-5(17-12(16)13(23)24)2-4(15)14(25-3)26-11-9(21)7(19)6(18)8(20)10(11)22/h3-11,14,18-22H,2,15H2,1H3,(H2,16,17)(H,23,24)/t3?,4?,5?,6?,7-,8-,9-,10-,11?,14?/m0/s1. The van der Waals surface area contributed by atoms with Crippen LogP contribution in [-0.2, 0) is 14.3 Å². The van der Waals surface area contributed by atoms with Crippen LogP contribution in [0.5, 0.6) is 0 Å². The summed E-state index contributed by atoms with van der Waals surface area (Å²) < 4.78 is 11.0. The molecule has 1 aliphatic heterocycles. The molecule has 26 heavy (non-hydrogen) atoms. The number of rotatable bonds is 3. The fraction of sp³-hybridized carbons (Fsp3) is 0.857. The number of ether oxygens (including phenoxy) is 2. The molecule has 1 saturated heterocycles. The third-order valence-electron chi connectivity index (χ3n) is 4.64. The van der Waals surface area contributed by atoms with Crippen molar-refractivity contribution < 1.29 is 44.9 Å². The Morgan fingerprint density at radius 3 is 2.08 bits per heavy atom. The number of aliphatic hydroxyl groups excluding tert-OH is 5. The number of carboxylic acid groups (broad SMARTS) is 1. The van der Waals surface area contributed by atoms with Crippen LogP contribution >= 0.6 is 0 Å². The molecule has 12 nitrogen and oxygen atoms in total. The topological polar surface area (TPSA) is 221 Å². The van der Waals surface area contributed by atoms with E-state index in [9.17, 15) is 30.3 Å². The number of carbonyl (C=O) groups is 1. The van der Waals surface area contributed by atoms with Crippen LogP contribution in [0.25, 0.3) is 0 Å². The maximum Gasteiger partial charge on any atom is 0.370 e. The number of aliphatic hydroxyl groups is 5. The number of aliphatic imine (C=N–C) groups is 1. The zero-order valence-corrected chi connectivity index (χ0v) is 14.0. The van der Waals surface area contributed by atoms with E-state index in [1.54, 1.807) is 6.92 Å². The van der Waals surface area contributed by atoms with Crippen molar-refractivity contribution in [2.75, 3.05) is 0 Å². The van der Waals surface area contributed by atoms with E-state index in [1.165, 1.54) is 0 Å². The molecular weight excluding hydrogens is 354 g/mol. The second-order valence-electron chi connectivity index (χ2n) is 6.55. The van der Waals surface area contributed by atoms with E-state index in [2.05, 4.69) is 4.99 Å². The van der Waals surface area contributed by atoms with Gasteiger partial charge in [0.25, 0.3) is 0 Å². The van der Waals surface area contributed by atoms with Crippen LogP contribution in [-0.4, -0.2) is 104 Å². The predicted molar refractivity (Wildman–Crippen MR) is 84.9 cm³/mol. The monoisotopic (exact) mass is 379 g/mol. The lowest BCUT2D eigenvalue weighted by molar-refractivity contribution is -0.293. The quantitative estimate of drug-likeness (QED) is 0.172. The molecule has 0 aromatic rings. The molecular formula is C14H25N3O9. The number of hydrogen-bond donors (Lipinski definition) is 8. The maximum absolute atomic E-state index is 10.8. The number of aliphatic carboxylic acids is 1. The molecule has 1 saturated carbocycles. The van der Waals surface area contributed by atoms with Crippen molar-refractivity contribution in [3.63, 3.8) is 0 Å². The van der Waals surface area contributed by atoms with Crippen LogP contribution in [0.2, 0.25) is 0 Å². The lowest BCUT2D eigenvalue weighted by Crippen LogP contribution is -2.66. The summed E-state index contributed by atoms with van der Waals surface area (Å²) in [5, 5.41) is 57.8. The average molecular weight is 379 g/mol. The molecule has 0 amide bonds. The van der Waals surface area contributed by atoms with Crippen molar-refractivity contribution in [2.24, 2.45) is 16.5 Å². The minimum absolute atomic E-state index is 0.145. The van der Waals surface area contributed by atoms with Gasteiger partial charge in [-0.2, -0.15) is 0 Å². The van der Waals surface area contributed by atoms with E-state index < -0.39 is 72.9 Å². The summed E-state index contributed by atoms with van der Waals surface area (Å²) in [5.41, 5.74) is 11.2. The van der Waals surface area contributed by atoms with Crippen LogP contribution < -0.4 is 11.5 Å². The van der Waals surface area contributed by atoms with Crippen LogP contribution in [0.15, 0.2) is 4.99 Å². The Kier molecular flexibility index (Phi) is 6.52. The highest BCUT2D eigenvalue weighted by molar-refractivity contribution is 6.33. The van der Waals surface area contributed by atoms with Crippen molar-refractivity contribution in [1.29, 1.82) is 0 Å². The van der Waals surface area contributed by atoms with Crippen molar-refractivity contribution in [1.82, 2.24) is 0 Å². The van der Waals surface area contributed by atoms with Gasteiger partial charge in [-0.15, -0.1) is 0 Å². The van der Waals surface area contributed by atoms with Gasteiger partial charge in [0.15, 0.2) is 6.29 Å². The molecule has 2 aliphatic rings. The number of hydrogen-bond acceptors (Lipinski definition) is 10. The molecule has 12 heteroatoms. The van der Waals surface area contributed by atoms with Gasteiger partial charge in [0.05, 0.1) is 18.2 Å². The van der Waals surface area contributed by atoms with Gasteiger partial charge in [-0.05, 0) is 13.3 Å². The van der Waals surface area contributed by atoms with E-state index >= 15 is 0 Å².